The zero-order chi connectivity index (χ0) is 12.1. The second-order valence-electron chi connectivity index (χ2n) is 3.16. The molecule has 1 aromatic rings. The molecule has 0 fully saturated rings. The van der Waals surface area contributed by atoms with Gasteiger partial charge in [-0.1, -0.05) is 11.6 Å². The highest BCUT2D eigenvalue weighted by molar-refractivity contribution is 9.10. The van der Waals surface area contributed by atoms with E-state index in [1.165, 1.54) is 0 Å². The lowest BCUT2D eigenvalue weighted by atomic mass is 10.2. The van der Waals surface area contributed by atoms with Gasteiger partial charge in [0.05, 0.1) is 24.3 Å². The molecule has 0 saturated heterocycles. The number of aliphatic hydroxyl groups excluding tert-OH is 2. The fourth-order valence-electron chi connectivity index (χ4n) is 1.06. The van der Waals surface area contributed by atoms with Gasteiger partial charge in [0.25, 0.3) is 5.91 Å². The van der Waals surface area contributed by atoms with Gasteiger partial charge < -0.3 is 15.5 Å². The number of nitrogens with one attached hydrogen (secondary N) is 1. The van der Waals surface area contributed by atoms with E-state index in [1.807, 2.05) is 0 Å². The largest absolute Gasteiger partial charge is 0.394 e. The van der Waals surface area contributed by atoms with Crippen LogP contribution in [0.3, 0.4) is 0 Å². The highest BCUT2D eigenvalue weighted by Crippen LogP contribution is 2.23. The van der Waals surface area contributed by atoms with Crippen LogP contribution in [-0.4, -0.2) is 35.4 Å². The molecule has 0 spiro atoms. The topological polar surface area (TPSA) is 69.6 Å². The van der Waals surface area contributed by atoms with Gasteiger partial charge >= 0.3 is 0 Å². The first kappa shape index (κ1) is 13.4. The Balaban J connectivity index is 2.76. The standard InChI is InChI=1S/C10H11BrClNO3/c11-8-3-6(1-2-9(8)12)10(16)13-7(4-14)5-15/h1-3,7,14-15H,4-5H2,(H,13,16). The van der Waals surface area contributed by atoms with E-state index in [1.54, 1.807) is 18.2 Å². The maximum Gasteiger partial charge on any atom is 0.251 e. The number of carbonyl (C=O) groups is 1. The SMILES string of the molecule is O=C(NC(CO)CO)c1ccc(Cl)c(Br)c1. The average molecular weight is 309 g/mol. The molecule has 0 bridgehead atoms. The molecule has 16 heavy (non-hydrogen) atoms. The van der Waals surface area contributed by atoms with E-state index >= 15 is 0 Å². The van der Waals surface area contributed by atoms with E-state index in [0.717, 1.165) is 0 Å². The summed E-state index contributed by atoms with van der Waals surface area (Å²) in [5.41, 5.74) is 0.406. The van der Waals surface area contributed by atoms with Crippen molar-refractivity contribution in [2.75, 3.05) is 13.2 Å². The molecule has 0 atom stereocenters. The van der Waals surface area contributed by atoms with Crippen molar-refractivity contribution in [2.24, 2.45) is 0 Å². The van der Waals surface area contributed by atoms with Crippen molar-refractivity contribution in [3.05, 3.63) is 33.3 Å². The molecule has 0 unspecified atom stereocenters. The van der Waals surface area contributed by atoms with Gasteiger partial charge in [0.2, 0.25) is 0 Å². The number of hydrogen-bond acceptors (Lipinski definition) is 3. The molecule has 0 aromatic heterocycles. The van der Waals surface area contributed by atoms with Gasteiger partial charge in [0.1, 0.15) is 0 Å². The van der Waals surface area contributed by atoms with E-state index in [4.69, 9.17) is 21.8 Å². The molecular formula is C10H11BrClNO3. The summed E-state index contributed by atoms with van der Waals surface area (Å²) in [7, 11) is 0. The van der Waals surface area contributed by atoms with Crippen LogP contribution in [0, 0.1) is 0 Å². The van der Waals surface area contributed by atoms with Crippen LogP contribution in [0.15, 0.2) is 22.7 Å². The van der Waals surface area contributed by atoms with Crippen LogP contribution >= 0.6 is 27.5 Å². The predicted molar refractivity (Wildman–Crippen MR) is 64.6 cm³/mol. The Hall–Kier alpha value is -0.620. The fraction of sp³-hybridized carbons (Fsp3) is 0.300. The second-order valence-corrected chi connectivity index (χ2v) is 4.43. The smallest absolute Gasteiger partial charge is 0.251 e. The van der Waals surface area contributed by atoms with Crippen LogP contribution in [-0.2, 0) is 0 Å². The first-order valence-electron chi connectivity index (χ1n) is 4.56. The lowest BCUT2D eigenvalue weighted by Crippen LogP contribution is -2.40. The first-order valence-corrected chi connectivity index (χ1v) is 5.73. The molecule has 0 radical (unpaired) electrons. The summed E-state index contributed by atoms with van der Waals surface area (Å²) in [6, 6.07) is 4.08. The Bertz CT molecular complexity index is 382. The van der Waals surface area contributed by atoms with Crippen molar-refractivity contribution in [3.8, 4) is 0 Å². The number of amides is 1. The molecule has 4 nitrogen and oxygen atoms in total. The fourth-order valence-corrected chi connectivity index (χ4v) is 1.55. The van der Waals surface area contributed by atoms with Crippen molar-refractivity contribution < 1.29 is 15.0 Å². The molecule has 88 valence electrons. The summed E-state index contributed by atoms with van der Waals surface area (Å²) in [6.45, 7) is -0.617. The molecule has 0 saturated carbocycles. The Morgan fingerprint density at radius 3 is 2.56 bits per heavy atom. The summed E-state index contributed by atoms with van der Waals surface area (Å²) in [5, 5.41) is 20.6. The molecule has 1 rings (SSSR count). The van der Waals surface area contributed by atoms with E-state index in [2.05, 4.69) is 21.2 Å². The molecule has 1 amide bonds. The third kappa shape index (κ3) is 3.45. The minimum Gasteiger partial charge on any atom is -0.394 e. The maximum atomic E-state index is 11.6. The van der Waals surface area contributed by atoms with Crippen LogP contribution in [0.4, 0.5) is 0 Å². The number of benzene rings is 1. The molecule has 6 heteroatoms. The highest BCUT2D eigenvalue weighted by atomic mass is 79.9. The average Bonchev–Trinajstić information content (AvgIpc) is 2.29. The van der Waals surface area contributed by atoms with Gasteiger partial charge in [0, 0.05) is 10.0 Å². The van der Waals surface area contributed by atoms with E-state index in [9.17, 15) is 4.79 Å². The van der Waals surface area contributed by atoms with Gasteiger partial charge in [-0.05, 0) is 34.1 Å². The zero-order valence-electron chi connectivity index (χ0n) is 8.28. The monoisotopic (exact) mass is 307 g/mol. The number of aliphatic hydroxyl groups is 2. The van der Waals surface area contributed by atoms with Crippen molar-refractivity contribution >= 4 is 33.4 Å². The van der Waals surface area contributed by atoms with Gasteiger partial charge in [-0.2, -0.15) is 0 Å². The lowest BCUT2D eigenvalue weighted by molar-refractivity contribution is 0.0879. The summed E-state index contributed by atoms with van der Waals surface area (Å²) in [4.78, 5) is 11.6. The van der Waals surface area contributed by atoms with E-state index in [-0.39, 0.29) is 19.1 Å². The second kappa shape index (κ2) is 6.20. The quantitative estimate of drug-likeness (QED) is 0.782. The normalized spacial score (nSPS) is 10.6. The number of hydrogen-bond donors (Lipinski definition) is 3. The molecule has 0 aliphatic rings. The van der Waals surface area contributed by atoms with E-state index in [0.29, 0.717) is 15.1 Å². The summed E-state index contributed by atoms with van der Waals surface area (Å²) in [5.74, 6) is -0.370. The minimum absolute atomic E-state index is 0.309. The molecule has 0 aliphatic carbocycles. The summed E-state index contributed by atoms with van der Waals surface area (Å²) >= 11 is 8.99. The van der Waals surface area contributed by atoms with Crippen molar-refractivity contribution in [1.82, 2.24) is 5.32 Å². The van der Waals surface area contributed by atoms with Crippen LogP contribution in [0.1, 0.15) is 10.4 Å². The van der Waals surface area contributed by atoms with Crippen molar-refractivity contribution in [2.45, 2.75) is 6.04 Å². The van der Waals surface area contributed by atoms with Gasteiger partial charge in [-0.3, -0.25) is 4.79 Å². The molecule has 0 heterocycles. The Labute approximate surface area is 106 Å². The van der Waals surface area contributed by atoms with Crippen molar-refractivity contribution in [1.29, 1.82) is 0 Å². The molecule has 0 aliphatic heterocycles. The first-order chi connectivity index (χ1) is 7.58. The molecular weight excluding hydrogens is 297 g/mol. The van der Waals surface area contributed by atoms with Crippen LogP contribution in [0.2, 0.25) is 5.02 Å². The Kier molecular flexibility index (Phi) is 5.21. The zero-order valence-corrected chi connectivity index (χ0v) is 10.6. The van der Waals surface area contributed by atoms with E-state index < -0.39 is 6.04 Å². The lowest BCUT2D eigenvalue weighted by Gasteiger charge is -2.13. The van der Waals surface area contributed by atoms with Crippen molar-refractivity contribution in [3.63, 3.8) is 0 Å². The Morgan fingerprint density at radius 2 is 2.06 bits per heavy atom. The number of halogens is 2. The minimum atomic E-state index is -0.651. The predicted octanol–water partition coefficient (Wildman–Crippen LogP) is 1.19. The third-order valence-electron chi connectivity index (χ3n) is 1.96. The van der Waals surface area contributed by atoms with Gasteiger partial charge in [0.15, 0.2) is 0 Å². The van der Waals surface area contributed by atoms with Crippen LogP contribution in [0.5, 0.6) is 0 Å². The summed E-state index contributed by atoms with van der Waals surface area (Å²) in [6.07, 6.45) is 0. The highest BCUT2D eigenvalue weighted by Gasteiger charge is 2.12. The molecule has 3 N–H and O–H groups in total. The molecule has 1 aromatic carbocycles. The van der Waals surface area contributed by atoms with Crippen LogP contribution < -0.4 is 5.32 Å². The van der Waals surface area contributed by atoms with Gasteiger partial charge in [-0.15, -0.1) is 0 Å². The maximum absolute atomic E-state index is 11.6. The summed E-state index contributed by atoms with van der Waals surface area (Å²) < 4.78 is 0.617. The Morgan fingerprint density at radius 1 is 1.44 bits per heavy atom. The third-order valence-corrected chi connectivity index (χ3v) is 3.17. The van der Waals surface area contributed by atoms with Gasteiger partial charge in [-0.25, -0.2) is 0 Å². The van der Waals surface area contributed by atoms with Crippen LogP contribution in [0.25, 0.3) is 0 Å². The number of carbonyl (C=O) groups excluding carboxylic acids is 1. The number of rotatable bonds is 4.